The van der Waals surface area contributed by atoms with E-state index in [0.29, 0.717) is 6.54 Å². The molecule has 1 fully saturated rings. The molecule has 164 valence electrons. The molecular formula is C22H33IN6O. The number of guanidine groups is 1. The minimum atomic E-state index is 0. The van der Waals surface area contributed by atoms with Crippen LogP contribution in [0.5, 0.6) is 5.75 Å². The maximum Gasteiger partial charge on any atom is 0.191 e. The van der Waals surface area contributed by atoms with Crippen molar-refractivity contribution in [3.05, 3.63) is 53.7 Å². The minimum absolute atomic E-state index is 0. The number of aromatic nitrogens is 1. The highest BCUT2D eigenvalue weighted by Crippen LogP contribution is 2.13. The van der Waals surface area contributed by atoms with Crippen molar-refractivity contribution in [3.63, 3.8) is 0 Å². The van der Waals surface area contributed by atoms with Gasteiger partial charge in [-0.2, -0.15) is 0 Å². The number of benzene rings is 1. The van der Waals surface area contributed by atoms with Crippen molar-refractivity contribution < 1.29 is 4.74 Å². The van der Waals surface area contributed by atoms with E-state index in [4.69, 9.17) is 4.74 Å². The second-order valence-electron chi connectivity index (χ2n) is 7.27. The van der Waals surface area contributed by atoms with E-state index in [1.54, 1.807) is 14.2 Å². The van der Waals surface area contributed by atoms with Crippen LogP contribution in [-0.2, 0) is 13.0 Å². The maximum atomic E-state index is 5.19. The number of hydrogen-bond acceptors (Lipinski definition) is 5. The molecule has 0 atom stereocenters. The van der Waals surface area contributed by atoms with Crippen LogP contribution in [0, 0.1) is 0 Å². The van der Waals surface area contributed by atoms with Gasteiger partial charge in [0.1, 0.15) is 11.6 Å². The summed E-state index contributed by atoms with van der Waals surface area (Å²) in [6, 6.07) is 12.4. The van der Waals surface area contributed by atoms with Crippen molar-refractivity contribution in [1.29, 1.82) is 0 Å². The van der Waals surface area contributed by atoms with Crippen LogP contribution in [0.4, 0.5) is 5.82 Å². The fourth-order valence-corrected chi connectivity index (χ4v) is 3.27. The molecule has 0 unspecified atom stereocenters. The molecule has 2 aromatic rings. The van der Waals surface area contributed by atoms with E-state index in [0.717, 1.165) is 62.2 Å². The first-order chi connectivity index (χ1) is 14.2. The fourth-order valence-electron chi connectivity index (χ4n) is 3.27. The van der Waals surface area contributed by atoms with Gasteiger partial charge in [0.05, 0.1) is 7.11 Å². The predicted octanol–water partition coefficient (Wildman–Crippen LogP) is 2.37. The summed E-state index contributed by atoms with van der Waals surface area (Å²) in [5, 5.41) is 6.71. The van der Waals surface area contributed by atoms with Crippen molar-refractivity contribution >= 4 is 35.8 Å². The highest BCUT2D eigenvalue weighted by molar-refractivity contribution is 14.0. The largest absolute Gasteiger partial charge is 0.497 e. The Balaban J connectivity index is 0.00000320. The van der Waals surface area contributed by atoms with Crippen LogP contribution in [0.15, 0.2) is 47.6 Å². The van der Waals surface area contributed by atoms with E-state index in [1.807, 2.05) is 18.3 Å². The Morgan fingerprint density at radius 1 is 1.03 bits per heavy atom. The Labute approximate surface area is 196 Å². The molecule has 0 bridgehead atoms. The van der Waals surface area contributed by atoms with E-state index in [1.165, 1.54) is 5.56 Å². The van der Waals surface area contributed by atoms with Crippen LogP contribution in [0.2, 0.25) is 0 Å². The van der Waals surface area contributed by atoms with Gasteiger partial charge < -0.3 is 25.2 Å². The third kappa shape index (κ3) is 7.32. The Hall–Kier alpha value is -2.07. The highest BCUT2D eigenvalue weighted by atomic mass is 127. The van der Waals surface area contributed by atoms with Crippen molar-refractivity contribution in [2.24, 2.45) is 4.99 Å². The van der Waals surface area contributed by atoms with E-state index < -0.39 is 0 Å². The highest BCUT2D eigenvalue weighted by Gasteiger charge is 2.14. The number of pyridine rings is 1. The molecular weight excluding hydrogens is 491 g/mol. The zero-order chi connectivity index (χ0) is 20.5. The van der Waals surface area contributed by atoms with Gasteiger partial charge in [0.25, 0.3) is 0 Å². The molecule has 0 aliphatic carbocycles. The lowest BCUT2D eigenvalue weighted by atomic mass is 10.1. The average molecular weight is 524 g/mol. The van der Waals surface area contributed by atoms with E-state index in [-0.39, 0.29) is 24.0 Å². The third-order valence-corrected chi connectivity index (χ3v) is 5.19. The van der Waals surface area contributed by atoms with Gasteiger partial charge in [-0.25, -0.2) is 4.98 Å². The number of aliphatic imine (C=N–C) groups is 1. The van der Waals surface area contributed by atoms with E-state index >= 15 is 0 Å². The van der Waals surface area contributed by atoms with Crippen LogP contribution in [0.3, 0.4) is 0 Å². The lowest BCUT2D eigenvalue weighted by Crippen LogP contribution is -2.44. The number of ether oxygens (including phenoxy) is 1. The summed E-state index contributed by atoms with van der Waals surface area (Å²) in [5.74, 6) is 2.73. The van der Waals surface area contributed by atoms with Crippen molar-refractivity contribution in [3.8, 4) is 5.75 Å². The Kier molecular flexibility index (Phi) is 10.2. The average Bonchev–Trinajstić information content (AvgIpc) is 2.77. The van der Waals surface area contributed by atoms with Crippen LogP contribution < -0.4 is 20.3 Å². The van der Waals surface area contributed by atoms with Gasteiger partial charge in [0.15, 0.2) is 5.96 Å². The molecule has 2 heterocycles. The standard InChI is InChI=1S/C22H32N6O.HI/c1-23-22(24-11-10-18-4-7-20(29-3)8-5-18)26-17-19-6-9-21(25-16-19)28-14-12-27(2)13-15-28;/h4-9,16H,10-15,17H2,1-3H3,(H2,23,24,26);1H. The number of methoxy groups -OCH3 is 1. The Morgan fingerprint density at radius 3 is 2.33 bits per heavy atom. The zero-order valence-corrected chi connectivity index (χ0v) is 20.4. The SMILES string of the molecule is CN=C(NCCc1ccc(OC)cc1)NCc1ccc(N2CCN(C)CC2)nc1.I. The first-order valence-corrected chi connectivity index (χ1v) is 10.1. The molecule has 30 heavy (non-hydrogen) atoms. The predicted molar refractivity (Wildman–Crippen MR) is 134 cm³/mol. The molecule has 1 saturated heterocycles. The minimum Gasteiger partial charge on any atom is -0.497 e. The molecule has 1 aliphatic rings. The molecule has 0 radical (unpaired) electrons. The van der Waals surface area contributed by atoms with E-state index in [9.17, 15) is 0 Å². The molecule has 8 heteroatoms. The second-order valence-corrected chi connectivity index (χ2v) is 7.27. The molecule has 2 N–H and O–H groups in total. The number of nitrogens with one attached hydrogen (secondary N) is 2. The number of anilines is 1. The zero-order valence-electron chi connectivity index (χ0n) is 18.1. The van der Waals surface area contributed by atoms with Crippen LogP contribution in [-0.4, -0.2) is 69.8 Å². The third-order valence-electron chi connectivity index (χ3n) is 5.19. The summed E-state index contributed by atoms with van der Waals surface area (Å²) in [6.45, 7) is 5.75. The van der Waals surface area contributed by atoms with Crippen molar-refractivity contribution in [2.45, 2.75) is 13.0 Å². The Morgan fingerprint density at radius 2 is 1.73 bits per heavy atom. The van der Waals surface area contributed by atoms with Crippen LogP contribution >= 0.6 is 24.0 Å². The van der Waals surface area contributed by atoms with Gasteiger partial charge >= 0.3 is 0 Å². The summed E-state index contributed by atoms with van der Waals surface area (Å²) >= 11 is 0. The lowest BCUT2D eigenvalue weighted by molar-refractivity contribution is 0.312. The van der Waals surface area contributed by atoms with Gasteiger partial charge in [0, 0.05) is 52.5 Å². The monoisotopic (exact) mass is 524 g/mol. The fraction of sp³-hybridized carbons (Fsp3) is 0.455. The van der Waals surface area contributed by atoms with Gasteiger partial charge in [0.2, 0.25) is 0 Å². The van der Waals surface area contributed by atoms with Gasteiger partial charge in [-0.1, -0.05) is 18.2 Å². The summed E-state index contributed by atoms with van der Waals surface area (Å²) in [4.78, 5) is 13.6. The topological polar surface area (TPSA) is 65.0 Å². The summed E-state index contributed by atoms with van der Waals surface area (Å²) in [5.41, 5.74) is 2.40. The smallest absolute Gasteiger partial charge is 0.191 e. The van der Waals surface area contributed by atoms with Gasteiger partial charge in [-0.15, -0.1) is 24.0 Å². The summed E-state index contributed by atoms with van der Waals surface area (Å²) < 4.78 is 5.19. The van der Waals surface area contributed by atoms with Crippen LogP contribution in [0.25, 0.3) is 0 Å². The number of halogens is 1. The van der Waals surface area contributed by atoms with Gasteiger partial charge in [-0.3, -0.25) is 4.99 Å². The molecule has 0 spiro atoms. The number of likely N-dealkylation sites (N-methyl/N-ethyl adjacent to an activating group) is 1. The second kappa shape index (κ2) is 12.6. The molecule has 1 aromatic heterocycles. The maximum absolute atomic E-state index is 5.19. The molecule has 0 saturated carbocycles. The molecule has 1 aromatic carbocycles. The number of piperazine rings is 1. The first-order valence-electron chi connectivity index (χ1n) is 10.1. The normalized spacial score (nSPS) is 14.8. The molecule has 0 amide bonds. The van der Waals surface area contributed by atoms with Crippen molar-refractivity contribution in [2.75, 3.05) is 58.8 Å². The molecule has 7 nitrogen and oxygen atoms in total. The van der Waals surface area contributed by atoms with E-state index in [2.05, 4.69) is 61.7 Å². The van der Waals surface area contributed by atoms with Crippen molar-refractivity contribution in [1.82, 2.24) is 20.5 Å². The van der Waals surface area contributed by atoms with Crippen LogP contribution in [0.1, 0.15) is 11.1 Å². The summed E-state index contributed by atoms with van der Waals surface area (Å²) in [6.07, 6.45) is 2.87. The Bertz CT molecular complexity index is 773. The lowest BCUT2D eigenvalue weighted by Gasteiger charge is -2.33. The first kappa shape index (κ1) is 24.2. The molecule has 1 aliphatic heterocycles. The number of rotatable bonds is 7. The number of hydrogen-bond donors (Lipinski definition) is 2. The number of nitrogens with zero attached hydrogens (tertiary/aromatic N) is 4. The summed E-state index contributed by atoms with van der Waals surface area (Å²) in [7, 11) is 5.64. The van der Waals surface area contributed by atoms with Gasteiger partial charge in [-0.05, 0) is 42.8 Å². The quantitative estimate of drug-likeness (QED) is 0.330. The molecule has 3 rings (SSSR count).